The molecule has 1 amide bonds. The molecule has 17 heavy (non-hydrogen) atoms. The highest BCUT2D eigenvalue weighted by molar-refractivity contribution is 6.53. The molecule has 0 saturated heterocycles. The van der Waals surface area contributed by atoms with Crippen LogP contribution < -0.4 is 5.32 Å². The van der Waals surface area contributed by atoms with E-state index in [1.165, 1.54) is 0 Å². The molecule has 0 heterocycles. The van der Waals surface area contributed by atoms with Gasteiger partial charge in [0, 0.05) is 5.69 Å². The van der Waals surface area contributed by atoms with Crippen LogP contribution in [0.1, 0.15) is 13.3 Å². The van der Waals surface area contributed by atoms with E-state index in [-0.39, 0.29) is 5.91 Å². The van der Waals surface area contributed by atoms with Crippen molar-refractivity contribution in [2.45, 2.75) is 17.7 Å². The summed E-state index contributed by atoms with van der Waals surface area (Å²) in [6.45, 7) is 1.72. The third-order valence-electron chi connectivity index (χ3n) is 2.94. The molecule has 1 fully saturated rings. The minimum absolute atomic E-state index is 0.221. The molecule has 1 aromatic rings. The highest BCUT2D eigenvalue weighted by atomic mass is 35.5. The Bertz CT molecular complexity index is 488. The lowest BCUT2D eigenvalue weighted by Gasteiger charge is -2.12. The van der Waals surface area contributed by atoms with Crippen LogP contribution in [0, 0.1) is 5.41 Å². The fourth-order valence-electron chi connectivity index (χ4n) is 1.49. The molecule has 2 rings (SSSR count). The van der Waals surface area contributed by atoms with Gasteiger partial charge >= 0.3 is 0 Å². The van der Waals surface area contributed by atoms with E-state index < -0.39 is 9.75 Å². The van der Waals surface area contributed by atoms with E-state index in [9.17, 15) is 4.79 Å². The van der Waals surface area contributed by atoms with Crippen LogP contribution >= 0.6 is 46.4 Å². The Morgan fingerprint density at radius 1 is 1.29 bits per heavy atom. The number of carbonyl (C=O) groups excluding carboxylic acids is 1. The molecule has 1 atom stereocenters. The van der Waals surface area contributed by atoms with Gasteiger partial charge < -0.3 is 5.32 Å². The molecule has 0 radical (unpaired) electrons. The number of halogens is 4. The lowest BCUT2D eigenvalue weighted by molar-refractivity contribution is -0.120. The molecule has 1 N–H and O–H groups in total. The number of rotatable bonds is 2. The number of carbonyl (C=O) groups is 1. The molecule has 0 bridgehead atoms. The predicted molar refractivity (Wildman–Crippen MR) is 72.3 cm³/mol. The van der Waals surface area contributed by atoms with Crippen molar-refractivity contribution in [2.24, 2.45) is 5.41 Å². The summed E-state index contributed by atoms with van der Waals surface area (Å²) < 4.78 is -0.979. The molecule has 0 aliphatic heterocycles. The molecule has 92 valence electrons. The summed E-state index contributed by atoms with van der Waals surface area (Å²) in [5, 5.41) is 3.54. The van der Waals surface area contributed by atoms with Gasteiger partial charge in [-0.3, -0.25) is 4.79 Å². The number of alkyl halides is 2. The third kappa shape index (κ3) is 2.37. The van der Waals surface area contributed by atoms with Gasteiger partial charge in [0.1, 0.15) is 4.33 Å². The SMILES string of the molecule is CC1(C(=O)Nc2ccc(Cl)c(Cl)c2)CC1(Cl)Cl. The van der Waals surface area contributed by atoms with Gasteiger partial charge in [0.25, 0.3) is 0 Å². The van der Waals surface area contributed by atoms with Gasteiger partial charge in [0.05, 0.1) is 15.5 Å². The Morgan fingerprint density at radius 2 is 1.88 bits per heavy atom. The van der Waals surface area contributed by atoms with E-state index in [1.807, 2.05) is 0 Å². The number of hydrogen-bond donors (Lipinski definition) is 1. The average molecular weight is 313 g/mol. The fraction of sp³-hybridized carbons (Fsp3) is 0.364. The summed E-state index contributed by atoms with van der Waals surface area (Å²) in [5.74, 6) is -0.221. The van der Waals surface area contributed by atoms with E-state index >= 15 is 0 Å². The van der Waals surface area contributed by atoms with Crippen LogP contribution in [0.3, 0.4) is 0 Å². The second-order valence-electron chi connectivity index (χ2n) is 4.30. The van der Waals surface area contributed by atoms with Crippen molar-refractivity contribution in [2.75, 3.05) is 5.32 Å². The Kier molecular flexibility index (Phi) is 3.28. The maximum Gasteiger partial charge on any atom is 0.233 e. The first-order chi connectivity index (χ1) is 7.76. The van der Waals surface area contributed by atoms with E-state index in [0.29, 0.717) is 22.2 Å². The Hall–Kier alpha value is -0.150. The number of nitrogens with one attached hydrogen (secondary N) is 1. The van der Waals surface area contributed by atoms with Gasteiger partial charge in [-0.25, -0.2) is 0 Å². The summed E-state index contributed by atoms with van der Waals surface area (Å²) in [6.07, 6.45) is 0.441. The van der Waals surface area contributed by atoms with Crippen LogP contribution in [0.25, 0.3) is 0 Å². The molecule has 1 aliphatic rings. The lowest BCUT2D eigenvalue weighted by atomic mass is 10.1. The zero-order valence-corrected chi connectivity index (χ0v) is 11.9. The molecular weight excluding hydrogens is 304 g/mol. The van der Waals surface area contributed by atoms with Crippen LogP contribution in [0.2, 0.25) is 10.0 Å². The second kappa shape index (κ2) is 4.20. The summed E-state index contributed by atoms with van der Waals surface area (Å²) in [6, 6.07) is 4.86. The van der Waals surface area contributed by atoms with Gasteiger partial charge in [0.2, 0.25) is 5.91 Å². The van der Waals surface area contributed by atoms with Gasteiger partial charge in [-0.1, -0.05) is 23.2 Å². The first-order valence-electron chi connectivity index (χ1n) is 4.91. The third-order valence-corrected chi connectivity index (χ3v) is 4.78. The fourth-order valence-corrected chi connectivity index (χ4v) is 2.49. The monoisotopic (exact) mass is 311 g/mol. The quantitative estimate of drug-likeness (QED) is 0.799. The standard InChI is InChI=1S/C11H9Cl4NO/c1-10(5-11(10,14)15)9(17)16-6-2-3-7(12)8(13)4-6/h2-4H,5H2,1H3,(H,16,17). The molecule has 0 spiro atoms. The van der Waals surface area contributed by atoms with Crippen molar-refractivity contribution in [3.05, 3.63) is 28.2 Å². The molecule has 1 saturated carbocycles. The second-order valence-corrected chi connectivity index (χ2v) is 6.59. The van der Waals surface area contributed by atoms with Crippen LogP contribution in [0.5, 0.6) is 0 Å². The zero-order chi connectivity index (χ0) is 12.8. The molecule has 0 aromatic heterocycles. The molecule has 1 unspecified atom stereocenters. The highest BCUT2D eigenvalue weighted by Crippen LogP contribution is 2.64. The first kappa shape index (κ1) is 13.3. The van der Waals surface area contributed by atoms with Crippen molar-refractivity contribution < 1.29 is 4.79 Å². The van der Waals surface area contributed by atoms with Crippen molar-refractivity contribution in [1.82, 2.24) is 0 Å². The Balaban J connectivity index is 2.12. The Labute approximate surface area is 119 Å². The lowest BCUT2D eigenvalue weighted by Crippen LogP contribution is -2.25. The molecule has 6 heteroatoms. The van der Waals surface area contributed by atoms with E-state index in [0.717, 1.165) is 0 Å². The van der Waals surface area contributed by atoms with E-state index in [1.54, 1.807) is 25.1 Å². The summed E-state index contributed by atoms with van der Waals surface area (Å²) >= 11 is 23.5. The largest absolute Gasteiger partial charge is 0.325 e. The topological polar surface area (TPSA) is 29.1 Å². The maximum atomic E-state index is 12.0. The highest BCUT2D eigenvalue weighted by Gasteiger charge is 2.67. The zero-order valence-electron chi connectivity index (χ0n) is 8.86. The van der Waals surface area contributed by atoms with Crippen molar-refractivity contribution in [1.29, 1.82) is 0 Å². The molecule has 2 nitrogen and oxygen atoms in total. The smallest absolute Gasteiger partial charge is 0.233 e. The maximum absolute atomic E-state index is 12.0. The van der Waals surface area contributed by atoms with Crippen LogP contribution in [0.15, 0.2) is 18.2 Å². The number of hydrogen-bond acceptors (Lipinski definition) is 1. The predicted octanol–water partition coefficient (Wildman–Crippen LogP) is 4.52. The molecule has 1 aromatic carbocycles. The Morgan fingerprint density at radius 3 is 2.35 bits per heavy atom. The number of amides is 1. The minimum Gasteiger partial charge on any atom is -0.325 e. The minimum atomic E-state index is -0.979. The summed E-state index contributed by atoms with van der Waals surface area (Å²) in [5.41, 5.74) is -0.177. The summed E-state index contributed by atoms with van der Waals surface area (Å²) in [7, 11) is 0. The average Bonchev–Trinajstić information content (AvgIpc) is 2.74. The normalized spacial score (nSPS) is 25.5. The van der Waals surface area contributed by atoms with Crippen LogP contribution in [0.4, 0.5) is 5.69 Å². The van der Waals surface area contributed by atoms with Gasteiger partial charge in [-0.2, -0.15) is 0 Å². The number of anilines is 1. The molecule has 1 aliphatic carbocycles. The van der Waals surface area contributed by atoms with E-state index in [4.69, 9.17) is 46.4 Å². The van der Waals surface area contributed by atoms with E-state index in [2.05, 4.69) is 5.32 Å². The van der Waals surface area contributed by atoms with Gasteiger partial charge in [-0.05, 0) is 31.5 Å². The van der Waals surface area contributed by atoms with Gasteiger partial charge in [-0.15, -0.1) is 23.2 Å². The molecular formula is C11H9Cl4NO. The van der Waals surface area contributed by atoms with Crippen molar-refractivity contribution >= 4 is 58.0 Å². The van der Waals surface area contributed by atoms with Crippen LogP contribution in [-0.4, -0.2) is 10.2 Å². The first-order valence-corrected chi connectivity index (χ1v) is 6.42. The van der Waals surface area contributed by atoms with Crippen molar-refractivity contribution in [3.63, 3.8) is 0 Å². The summed E-state index contributed by atoms with van der Waals surface area (Å²) in [4.78, 5) is 12.0. The van der Waals surface area contributed by atoms with Crippen LogP contribution in [-0.2, 0) is 4.79 Å². The number of benzene rings is 1. The van der Waals surface area contributed by atoms with Gasteiger partial charge in [0.15, 0.2) is 0 Å². The van der Waals surface area contributed by atoms with Crippen molar-refractivity contribution in [3.8, 4) is 0 Å².